The van der Waals surface area contributed by atoms with Crippen molar-refractivity contribution in [3.63, 3.8) is 0 Å². The van der Waals surface area contributed by atoms with E-state index in [1.54, 1.807) is 24.3 Å². The van der Waals surface area contributed by atoms with E-state index >= 15 is 0 Å². The zero-order valence-electron chi connectivity index (χ0n) is 11.5. The number of anilines is 2. The fourth-order valence-corrected chi connectivity index (χ4v) is 2.00. The first-order valence-electron chi connectivity index (χ1n) is 6.44. The Kier molecular flexibility index (Phi) is 4.54. The second kappa shape index (κ2) is 6.36. The van der Waals surface area contributed by atoms with Gasteiger partial charge in [0.1, 0.15) is 6.61 Å². The molecule has 1 fully saturated rings. The van der Waals surface area contributed by atoms with Crippen LogP contribution < -0.4 is 10.6 Å². The molecule has 1 saturated carbocycles. The lowest BCUT2D eigenvalue weighted by atomic mass is 10.2. The minimum absolute atomic E-state index is 0.0566. The average molecular weight is 292 g/mol. The van der Waals surface area contributed by atoms with Crippen molar-refractivity contribution in [3.8, 4) is 0 Å². The molecule has 2 amide bonds. The van der Waals surface area contributed by atoms with Crippen LogP contribution in [0.2, 0.25) is 0 Å². The number of carboxylic acid groups (broad SMARTS) is 1. The molecule has 1 aliphatic rings. The lowest BCUT2D eigenvalue weighted by Crippen LogP contribution is -2.18. The highest BCUT2D eigenvalue weighted by atomic mass is 16.5. The highest BCUT2D eigenvalue weighted by Gasteiger charge is 2.48. The molecule has 0 aliphatic heterocycles. The third kappa shape index (κ3) is 4.03. The lowest BCUT2D eigenvalue weighted by Gasteiger charge is -2.08. The van der Waals surface area contributed by atoms with Crippen molar-refractivity contribution in [2.24, 2.45) is 11.8 Å². The number of aliphatic carboxylic acids is 1. The van der Waals surface area contributed by atoms with Crippen molar-refractivity contribution in [1.82, 2.24) is 0 Å². The van der Waals surface area contributed by atoms with Gasteiger partial charge >= 0.3 is 5.97 Å². The van der Waals surface area contributed by atoms with E-state index in [0.717, 1.165) is 0 Å². The summed E-state index contributed by atoms with van der Waals surface area (Å²) in [5, 5.41) is 14.1. The van der Waals surface area contributed by atoms with E-state index in [1.807, 2.05) is 0 Å². The number of hydrogen-bond donors (Lipinski definition) is 3. The van der Waals surface area contributed by atoms with Crippen LogP contribution in [-0.4, -0.2) is 36.6 Å². The molecule has 7 heteroatoms. The van der Waals surface area contributed by atoms with E-state index in [9.17, 15) is 14.4 Å². The topological polar surface area (TPSA) is 105 Å². The van der Waals surface area contributed by atoms with Gasteiger partial charge < -0.3 is 20.5 Å². The second-order valence-corrected chi connectivity index (χ2v) is 4.84. The molecular weight excluding hydrogens is 276 g/mol. The Bertz CT molecular complexity index is 572. The predicted molar refractivity (Wildman–Crippen MR) is 74.8 cm³/mol. The van der Waals surface area contributed by atoms with Gasteiger partial charge in [0.2, 0.25) is 11.8 Å². The summed E-state index contributed by atoms with van der Waals surface area (Å²) in [4.78, 5) is 34.0. The van der Waals surface area contributed by atoms with Crippen LogP contribution in [0.4, 0.5) is 11.4 Å². The number of ether oxygens (including phenoxy) is 1. The Labute approximate surface area is 121 Å². The van der Waals surface area contributed by atoms with Gasteiger partial charge in [-0.2, -0.15) is 0 Å². The summed E-state index contributed by atoms with van der Waals surface area (Å²) >= 11 is 0. The first kappa shape index (κ1) is 15.0. The zero-order valence-corrected chi connectivity index (χ0v) is 11.5. The molecule has 2 rings (SSSR count). The van der Waals surface area contributed by atoms with Crippen LogP contribution in [0, 0.1) is 11.8 Å². The van der Waals surface area contributed by atoms with Gasteiger partial charge in [-0.05, 0) is 24.6 Å². The SMILES string of the molecule is COCC(=O)Nc1cccc(NC(=O)C2CC2C(=O)O)c1. The van der Waals surface area contributed by atoms with Crippen molar-refractivity contribution in [2.45, 2.75) is 6.42 Å². The molecule has 2 unspecified atom stereocenters. The van der Waals surface area contributed by atoms with Crippen LogP contribution in [0.3, 0.4) is 0 Å². The van der Waals surface area contributed by atoms with Gasteiger partial charge in [-0.25, -0.2) is 0 Å². The third-order valence-electron chi connectivity index (χ3n) is 3.13. The number of carbonyl (C=O) groups is 3. The molecule has 3 N–H and O–H groups in total. The zero-order chi connectivity index (χ0) is 15.4. The summed E-state index contributed by atoms with van der Waals surface area (Å²) in [5.74, 6) is -2.63. The second-order valence-electron chi connectivity index (χ2n) is 4.84. The standard InChI is InChI=1S/C14H16N2O5/c1-21-7-12(17)15-8-3-2-4-9(5-8)16-13(18)10-6-11(10)14(19)20/h2-5,10-11H,6-7H2,1H3,(H,15,17)(H,16,18)(H,19,20). The van der Waals surface area contributed by atoms with Crippen LogP contribution in [0.1, 0.15) is 6.42 Å². The Morgan fingerprint density at radius 2 is 1.90 bits per heavy atom. The maximum atomic E-state index is 11.8. The number of benzene rings is 1. The first-order valence-corrected chi connectivity index (χ1v) is 6.44. The average Bonchev–Trinajstić information content (AvgIpc) is 3.19. The normalized spacial score (nSPS) is 19.7. The van der Waals surface area contributed by atoms with Crippen molar-refractivity contribution < 1.29 is 24.2 Å². The fourth-order valence-electron chi connectivity index (χ4n) is 2.00. The van der Waals surface area contributed by atoms with Crippen molar-refractivity contribution >= 4 is 29.2 Å². The van der Waals surface area contributed by atoms with Crippen LogP contribution in [0.25, 0.3) is 0 Å². The van der Waals surface area contributed by atoms with Crippen molar-refractivity contribution in [3.05, 3.63) is 24.3 Å². The number of carbonyl (C=O) groups excluding carboxylic acids is 2. The van der Waals surface area contributed by atoms with Gasteiger partial charge in [0.15, 0.2) is 0 Å². The summed E-state index contributed by atoms with van der Waals surface area (Å²) in [5.41, 5.74) is 1.03. The molecule has 0 aromatic heterocycles. The highest BCUT2D eigenvalue weighted by molar-refractivity contribution is 5.99. The van der Waals surface area contributed by atoms with E-state index in [4.69, 9.17) is 9.84 Å². The van der Waals surface area contributed by atoms with Crippen LogP contribution in [0.5, 0.6) is 0 Å². The number of carboxylic acids is 1. The maximum absolute atomic E-state index is 11.8. The van der Waals surface area contributed by atoms with E-state index in [0.29, 0.717) is 17.8 Å². The molecule has 0 heterocycles. The Morgan fingerprint density at radius 3 is 2.48 bits per heavy atom. The van der Waals surface area contributed by atoms with E-state index < -0.39 is 17.8 Å². The smallest absolute Gasteiger partial charge is 0.307 e. The number of methoxy groups -OCH3 is 1. The highest BCUT2D eigenvalue weighted by Crippen LogP contribution is 2.39. The molecule has 0 bridgehead atoms. The van der Waals surface area contributed by atoms with Gasteiger partial charge in [-0.1, -0.05) is 6.07 Å². The van der Waals surface area contributed by atoms with E-state index in [1.165, 1.54) is 7.11 Å². The monoisotopic (exact) mass is 292 g/mol. The van der Waals surface area contributed by atoms with Crippen molar-refractivity contribution in [1.29, 1.82) is 0 Å². The maximum Gasteiger partial charge on any atom is 0.307 e. The molecule has 1 aromatic carbocycles. The van der Waals surface area contributed by atoms with Gasteiger partial charge in [-0.15, -0.1) is 0 Å². The molecule has 7 nitrogen and oxygen atoms in total. The molecule has 2 atom stereocenters. The minimum atomic E-state index is -0.948. The molecule has 112 valence electrons. The molecular formula is C14H16N2O5. The lowest BCUT2D eigenvalue weighted by molar-refractivity contribution is -0.139. The van der Waals surface area contributed by atoms with Crippen molar-refractivity contribution in [2.75, 3.05) is 24.4 Å². The molecule has 1 aromatic rings. The largest absolute Gasteiger partial charge is 0.481 e. The Balaban J connectivity index is 1.94. The Morgan fingerprint density at radius 1 is 1.24 bits per heavy atom. The van der Waals surface area contributed by atoms with Gasteiger partial charge in [0.25, 0.3) is 0 Å². The third-order valence-corrected chi connectivity index (χ3v) is 3.13. The number of rotatable bonds is 6. The summed E-state index contributed by atoms with van der Waals surface area (Å²) in [7, 11) is 1.42. The van der Waals surface area contributed by atoms with Crippen LogP contribution >= 0.6 is 0 Å². The quantitative estimate of drug-likeness (QED) is 0.723. The first-order chi connectivity index (χ1) is 10.0. The summed E-state index contributed by atoms with van der Waals surface area (Å²) < 4.78 is 4.71. The number of amides is 2. The number of hydrogen-bond acceptors (Lipinski definition) is 4. The summed E-state index contributed by atoms with van der Waals surface area (Å²) in [6, 6.07) is 6.63. The van der Waals surface area contributed by atoms with Crippen LogP contribution in [-0.2, 0) is 19.1 Å². The molecule has 0 saturated heterocycles. The van der Waals surface area contributed by atoms with Crippen LogP contribution in [0.15, 0.2) is 24.3 Å². The molecule has 21 heavy (non-hydrogen) atoms. The van der Waals surface area contributed by atoms with E-state index in [2.05, 4.69) is 10.6 Å². The minimum Gasteiger partial charge on any atom is -0.481 e. The predicted octanol–water partition coefficient (Wildman–Crippen LogP) is 0.931. The number of nitrogens with one attached hydrogen (secondary N) is 2. The molecule has 1 aliphatic carbocycles. The summed E-state index contributed by atoms with van der Waals surface area (Å²) in [6.07, 6.45) is 0.367. The van der Waals surface area contributed by atoms with Gasteiger partial charge in [0.05, 0.1) is 11.8 Å². The summed E-state index contributed by atoms with van der Waals surface area (Å²) in [6.45, 7) is -0.0566. The van der Waals surface area contributed by atoms with E-state index in [-0.39, 0.29) is 18.4 Å². The fraction of sp³-hybridized carbons (Fsp3) is 0.357. The van der Waals surface area contributed by atoms with Gasteiger partial charge in [0, 0.05) is 18.5 Å². The molecule has 0 radical (unpaired) electrons. The molecule has 0 spiro atoms. The Hall–Kier alpha value is -2.41. The van der Waals surface area contributed by atoms with Gasteiger partial charge in [-0.3, -0.25) is 14.4 Å².